The summed E-state index contributed by atoms with van der Waals surface area (Å²) in [5.74, 6) is -0.280. The highest BCUT2D eigenvalue weighted by molar-refractivity contribution is 7.97. The van der Waals surface area contributed by atoms with E-state index in [4.69, 9.17) is 0 Å². The lowest BCUT2D eigenvalue weighted by molar-refractivity contribution is -0.128. The number of hydrogen-bond acceptors (Lipinski definition) is 4. The molecule has 2 saturated carbocycles. The minimum atomic E-state index is -4.33. The number of ketones is 1. The topological polar surface area (TPSA) is 74.3 Å². The summed E-state index contributed by atoms with van der Waals surface area (Å²) < 4.78 is 32.7. The van der Waals surface area contributed by atoms with E-state index in [0.29, 0.717) is 12.8 Å². The molecule has 0 saturated heterocycles. The molecule has 2 aliphatic rings. The van der Waals surface area contributed by atoms with Crippen LogP contribution in [0.3, 0.4) is 0 Å². The Morgan fingerprint density at radius 1 is 0.733 bits per heavy atom. The largest absolute Gasteiger partial charge is 0.748 e. The van der Waals surface area contributed by atoms with Crippen LogP contribution in [0, 0.1) is 16.7 Å². The number of rotatable bonds is 15. The molecule has 2 fully saturated rings. The first-order valence-electron chi connectivity index (χ1n) is 17.0. The summed E-state index contributed by atoms with van der Waals surface area (Å²) in [4.78, 5) is 16.0. The summed E-state index contributed by atoms with van der Waals surface area (Å²) in [6.45, 7) is 6.12. The van der Waals surface area contributed by atoms with E-state index in [1.807, 2.05) is 13.8 Å². The third-order valence-electron chi connectivity index (χ3n) is 10.2. The first kappa shape index (κ1) is 35.4. The molecule has 0 spiro atoms. The highest BCUT2D eigenvalue weighted by Crippen LogP contribution is 2.64. The number of hydrogen-bond donors (Lipinski definition) is 0. The summed E-state index contributed by atoms with van der Waals surface area (Å²) in [6, 6.07) is 31.2. The van der Waals surface area contributed by atoms with Gasteiger partial charge in [-0.1, -0.05) is 121 Å². The van der Waals surface area contributed by atoms with Gasteiger partial charge in [-0.25, -0.2) is 8.42 Å². The molecule has 2 atom stereocenters. The van der Waals surface area contributed by atoms with Gasteiger partial charge in [-0.3, -0.25) is 4.79 Å². The zero-order valence-corrected chi connectivity index (χ0v) is 29.1. The molecule has 0 radical (unpaired) electrons. The van der Waals surface area contributed by atoms with Crippen LogP contribution >= 0.6 is 0 Å². The molecule has 5 rings (SSSR count). The van der Waals surface area contributed by atoms with Crippen LogP contribution in [0.2, 0.25) is 0 Å². The third kappa shape index (κ3) is 9.33. The Balaban J connectivity index is 0.000000256. The molecule has 4 nitrogen and oxygen atoms in total. The van der Waals surface area contributed by atoms with Gasteiger partial charge in [-0.05, 0) is 79.0 Å². The molecular formula is C39H52O4S2. The Morgan fingerprint density at radius 3 is 1.67 bits per heavy atom. The van der Waals surface area contributed by atoms with Crippen LogP contribution < -0.4 is 0 Å². The molecular weight excluding hydrogens is 597 g/mol. The van der Waals surface area contributed by atoms with Crippen LogP contribution in [0.4, 0.5) is 0 Å². The Hall–Kier alpha value is -2.41. The smallest absolute Gasteiger partial charge is 0.166 e. The monoisotopic (exact) mass is 648 g/mol. The maximum absolute atomic E-state index is 11.8. The first-order valence-corrected chi connectivity index (χ1v) is 19.8. The number of carbonyl (C=O) groups is 1. The second kappa shape index (κ2) is 16.4. The van der Waals surface area contributed by atoms with Crippen LogP contribution in [-0.2, 0) is 32.2 Å². The first-order chi connectivity index (χ1) is 21.6. The normalized spacial score (nSPS) is 20.3. The van der Waals surface area contributed by atoms with E-state index in [0.717, 1.165) is 6.42 Å². The molecule has 6 heteroatoms. The zero-order valence-electron chi connectivity index (χ0n) is 27.5. The van der Waals surface area contributed by atoms with Gasteiger partial charge >= 0.3 is 0 Å². The SMILES string of the molecule is CC1(C)C2CCC1(CS(=O)(=O)[O-])C(=O)C2.CCCCCCCCCCCc1ccc([S+](c2ccccc2)c2ccccc2)cc1. The molecule has 45 heavy (non-hydrogen) atoms. The highest BCUT2D eigenvalue weighted by Gasteiger charge is 2.64. The minimum absolute atomic E-state index is 0.0248. The molecule has 0 heterocycles. The molecule has 2 bridgehead atoms. The molecule has 244 valence electrons. The van der Waals surface area contributed by atoms with Gasteiger partial charge in [0.25, 0.3) is 0 Å². The number of Topliss-reactive ketones (excluding diaryl/α,β-unsaturated/α-hetero) is 1. The molecule has 3 aromatic carbocycles. The molecule has 0 amide bonds. The predicted molar refractivity (Wildman–Crippen MR) is 186 cm³/mol. The van der Waals surface area contributed by atoms with Gasteiger partial charge in [-0.15, -0.1) is 0 Å². The van der Waals surface area contributed by atoms with Gasteiger partial charge in [0, 0.05) is 11.8 Å². The van der Waals surface area contributed by atoms with Crippen molar-refractivity contribution in [3.63, 3.8) is 0 Å². The molecule has 0 aliphatic heterocycles. The molecule has 2 unspecified atom stereocenters. The van der Waals surface area contributed by atoms with Crippen molar-refractivity contribution in [2.24, 2.45) is 16.7 Å². The van der Waals surface area contributed by atoms with Crippen LogP contribution in [0.5, 0.6) is 0 Å². The van der Waals surface area contributed by atoms with Crippen LogP contribution in [0.15, 0.2) is 99.6 Å². The standard InChI is InChI=1S/C29H37S.C10H16O4S/c1-2-3-4-5-6-7-8-9-12-17-26-22-24-29(25-23-26)30(27-18-13-10-14-19-27)28-20-15-11-16-21-28;1-9(2)7-3-4-10(9,8(11)5-7)6-15(12,13)14/h10-11,13-16,18-25H,2-9,12,17H2,1H3;7H,3-6H2,1-2H3,(H,12,13,14)/q+1;/p-1. The van der Waals surface area contributed by atoms with Gasteiger partial charge in [0.1, 0.15) is 5.78 Å². The Bertz CT molecular complexity index is 1400. The van der Waals surface area contributed by atoms with E-state index in [9.17, 15) is 17.8 Å². The zero-order chi connectivity index (χ0) is 32.3. The van der Waals surface area contributed by atoms with Crippen LogP contribution in [0.25, 0.3) is 0 Å². The summed E-state index contributed by atoms with van der Waals surface area (Å²) >= 11 is 0. The molecule has 3 aromatic rings. The van der Waals surface area contributed by atoms with Crippen LogP contribution in [-0.4, -0.2) is 24.5 Å². The van der Waals surface area contributed by atoms with Crippen molar-refractivity contribution in [2.75, 3.05) is 5.75 Å². The van der Waals surface area contributed by atoms with Gasteiger partial charge in [0.2, 0.25) is 0 Å². The number of benzene rings is 3. The van der Waals surface area contributed by atoms with Crippen molar-refractivity contribution in [1.82, 2.24) is 0 Å². The summed E-state index contributed by atoms with van der Waals surface area (Å²) in [6.07, 6.45) is 15.6. The highest BCUT2D eigenvalue weighted by atomic mass is 32.2. The number of fused-ring (bicyclic) bond motifs is 2. The fourth-order valence-electron chi connectivity index (χ4n) is 7.36. The molecule has 2 aliphatic carbocycles. The van der Waals surface area contributed by atoms with Crippen molar-refractivity contribution in [1.29, 1.82) is 0 Å². The maximum atomic E-state index is 11.8. The van der Waals surface area contributed by atoms with E-state index in [2.05, 4.69) is 91.9 Å². The second-order valence-corrected chi connectivity index (χ2v) is 17.0. The van der Waals surface area contributed by atoms with Gasteiger partial charge in [0.05, 0.1) is 26.8 Å². The fourth-order valence-corrected chi connectivity index (χ4v) is 10.7. The maximum Gasteiger partial charge on any atom is 0.166 e. The van der Waals surface area contributed by atoms with Gasteiger partial charge in [-0.2, -0.15) is 0 Å². The second-order valence-electron chi connectivity index (χ2n) is 13.5. The average Bonchev–Trinajstić information content (AvgIpc) is 3.36. The van der Waals surface area contributed by atoms with Crippen molar-refractivity contribution >= 4 is 26.8 Å². The predicted octanol–water partition coefficient (Wildman–Crippen LogP) is 9.78. The third-order valence-corrected chi connectivity index (χ3v) is 13.3. The summed E-state index contributed by atoms with van der Waals surface area (Å²) in [5, 5.41) is 0. The minimum Gasteiger partial charge on any atom is -0.748 e. The van der Waals surface area contributed by atoms with Crippen LogP contribution in [0.1, 0.15) is 103 Å². The Morgan fingerprint density at radius 2 is 1.22 bits per heavy atom. The van der Waals surface area contributed by atoms with E-state index in [1.165, 1.54) is 84.5 Å². The lowest BCUT2D eigenvalue weighted by Crippen LogP contribution is -2.42. The fraction of sp³-hybridized carbons (Fsp3) is 0.513. The van der Waals surface area contributed by atoms with Crippen molar-refractivity contribution < 1.29 is 17.8 Å². The Kier molecular flexibility index (Phi) is 12.9. The van der Waals surface area contributed by atoms with E-state index in [1.54, 1.807) is 0 Å². The van der Waals surface area contributed by atoms with Crippen molar-refractivity contribution in [3.8, 4) is 0 Å². The van der Waals surface area contributed by atoms with Crippen molar-refractivity contribution in [2.45, 2.75) is 119 Å². The summed E-state index contributed by atoms with van der Waals surface area (Å²) in [5.41, 5.74) is 0.256. The Labute approximate surface area is 275 Å². The number of carbonyl (C=O) groups excluding carboxylic acids is 1. The lowest BCUT2D eigenvalue weighted by atomic mass is 9.70. The van der Waals surface area contributed by atoms with E-state index in [-0.39, 0.29) is 28.0 Å². The number of aryl methyl sites for hydroxylation is 1. The summed E-state index contributed by atoms with van der Waals surface area (Å²) in [7, 11) is -4.36. The molecule has 0 aromatic heterocycles. The van der Waals surface area contributed by atoms with E-state index >= 15 is 0 Å². The quantitative estimate of drug-likeness (QED) is 0.0934. The van der Waals surface area contributed by atoms with Gasteiger partial charge in [0.15, 0.2) is 14.7 Å². The van der Waals surface area contributed by atoms with E-state index < -0.39 is 21.3 Å². The van der Waals surface area contributed by atoms with Gasteiger partial charge < -0.3 is 4.55 Å². The molecule has 0 N–H and O–H groups in total. The average molecular weight is 649 g/mol. The number of unbranched alkanes of at least 4 members (excludes halogenated alkanes) is 8. The van der Waals surface area contributed by atoms with Crippen molar-refractivity contribution in [3.05, 3.63) is 90.5 Å². The lowest BCUT2D eigenvalue weighted by Gasteiger charge is -2.37.